The van der Waals surface area contributed by atoms with Crippen LogP contribution in [0, 0.1) is 11.8 Å². The SMILES string of the molecule is CCCCCCCCCCC(CCCCCCCCC)COCCCNC(=O)C(C)C. The molecule has 0 aliphatic rings. The maximum Gasteiger partial charge on any atom is 0.222 e. The molecule has 0 saturated carbocycles. The minimum absolute atomic E-state index is 0.0684. The van der Waals surface area contributed by atoms with Gasteiger partial charge in [0, 0.05) is 25.7 Å². The zero-order valence-electron chi connectivity index (χ0n) is 21.8. The van der Waals surface area contributed by atoms with Gasteiger partial charge in [-0.3, -0.25) is 4.79 Å². The molecule has 0 aromatic carbocycles. The van der Waals surface area contributed by atoms with Crippen molar-refractivity contribution < 1.29 is 9.53 Å². The molecule has 0 bridgehead atoms. The number of hydrogen-bond donors (Lipinski definition) is 1. The number of carbonyl (C=O) groups excluding carboxylic acids is 1. The molecule has 0 aliphatic heterocycles. The van der Waals surface area contributed by atoms with Crippen LogP contribution < -0.4 is 5.32 Å². The first-order valence-electron chi connectivity index (χ1n) is 14.0. The molecule has 186 valence electrons. The molecule has 0 saturated heterocycles. The van der Waals surface area contributed by atoms with Crippen LogP contribution in [0.15, 0.2) is 0 Å². The molecule has 0 aromatic rings. The highest BCUT2D eigenvalue weighted by molar-refractivity contribution is 5.77. The molecule has 3 nitrogen and oxygen atoms in total. The second-order valence-electron chi connectivity index (χ2n) is 9.91. The standard InChI is InChI=1S/C28H57NO2/c1-5-7-9-11-13-15-17-19-22-27(21-18-16-14-12-10-8-6-2)25-31-24-20-23-29-28(30)26(3)4/h26-27H,5-25H2,1-4H3,(H,29,30). The minimum Gasteiger partial charge on any atom is -0.381 e. The average Bonchev–Trinajstić information content (AvgIpc) is 2.76. The van der Waals surface area contributed by atoms with Gasteiger partial charge in [0.25, 0.3) is 0 Å². The predicted molar refractivity (Wildman–Crippen MR) is 137 cm³/mol. The summed E-state index contributed by atoms with van der Waals surface area (Å²) < 4.78 is 6.02. The zero-order valence-corrected chi connectivity index (χ0v) is 21.8. The first-order valence-corrected chi connectivity index (χ1v) is 14.0. The average molecular weight is 440 g/mol. The minimum atomic E-state index is 0.0684. The van der Waals surface area contributed by atoms with Gasteiger partial charge in [-0.05, 0) is 25.2 Å². The monoisotopic (exact) mass is 439 g/mol. The molecule has 1 amide bonds. The van der Waals surface area contributed by atoms with E-state index in [1.807, 2.05) is 13.8 Å². The first-order chi connectivity index (χ1) is 15.1. The molecular weight excluding hydrogens is 382 g/mol. The van der Waals surface area contributed by atoms with Crippen molar-refractivity contribution >= 4 is 5.91 Å². The van der Waals surface area contributed by atoms with Crippen LogP contribution in [0.5, 0.6) is 0 Å². The summed E-state index contributed by atoms with van der Waals surface area (Å²) >= 11 is 0. The highest BCUT2D eigenvalue weighted by Gasteiger charge is 2.10. The quantitative estimate of drug-likeness (QED) is 0.153. The van der Waals surface area contributed by atoms with Crippen LogP contribution in [0.2, 0.25) is 0 Å². The molecule has 1 atom stereocenters. The Kier molecular flexibility index (Phi) is 23.6. The number of hydrogen-bond acceptors (Lipinski definition) is 2. The molecule has 0 spiro atoms. The summed E-state index contributed by atoms with van der Waals surface area (Å²) in [6.07, 6.45) is 24.4. The lowest BCUT2D eigenvalue weighted by molar-refractivity contribution is -0.124. The Bertz CT molecular complexity index is 370. The number of nitrogens with one attached hydrogen (secondary N) is 1. The second-order valence-corrected chi connectivity index (χ2v) is 9.91. The molecule has 0 radical (unpaired) electrons. The molecule has 1 unspecified atom stereocenters. The van der Waals surface area contributed by atoms with Gasteiger partial charge in [0.2, 0.25) is 5.91 Å². The van der Waals surface area contributed by atoms with E-state index in [4.69, 9.17) is 4.74 Å². The third-order valence-corrected chi connectivity index (χ3v) is 6.32. The number of amides is 1. The fourth-order valence-electron chi connectivity index (χ4n) is 4.11. The number of rotatable bonds is 24. The summed E-state index contributed by atoms with van der Waals surface area (Å²) in [6, 6.07) is 0. The molecule has 0 fully saturated rings. The van der Waals surface area contributed by atoms with Crippen molar-refractivity contribution in [1.29, 1.82) is 0 Å². The summed E-state index contributed by atoms with van der Waals surface area (Å²) in [6.45, 7) is 10.9. The highest BCUT2D eigenvalue weighted by Crippen LogP contribution is 2.20. The Hall–Kier alpha value is -0.570. The van der Waals surface area contributed by atoms with Gasteiger partial charge >= 0.3 is 0 Å². The van der Waals surface area contributed by atoms with Crippen molar-refractivity contribution in [3.05, 3.63) is 0 Å². The van der Waals surface area contributed by atoms with E-state index in [1.54, 1.807) is 0 Å². The molecule has 1 N–H and O–H groups in total. The van der Waals surface area contributed by atoms with Crippen LogP contribution in [0.3, 0.4) is 0 Å². The zero-order chi connectivity index (χ0) is 23.0. The molecular formula is C28H57NO2. The fraction of sp³-hybridized carbons (Fsp3) is 0.964. The largest absolute Gasteiger partial charge is 0.381 e. The molecule has 0 aliphatic carbocycles. The van der Waals surface area contributed by atoms with Crippen molar-refractivity contribution in [3.63, 3.8) is 0 Å². The van der Waals surface area contributed by atoms with E-state index in [9.17, 15) is 4.79 Å². The summed E-state index contributed by atoms with van der Waals surface area (Å²) in [7, 11) is 0. The van der Waals surface area contributed by atoms with Gasteiger partial charge in [-0.15, -0.1) is 0 Å². The van der Waals surface area contributed by atoms with E-state index >= 15 is 0 Å². The van der Waals surface area contributed by atoms with Crippen molar-refractivity contribution in [2.45, 2.75) is 143 Å². The maximum atomic E-state index is 11.6. The van der Waals surface area contributed by atoms with Gasteiger partial charge in [-0.1, -0.05) is 124 Å². The number of carbonyl (C=O) groups is 1. The van der Waals surface area contributed by atoms with Crippen LogP contribution in [0.25, 0.3) is 0 Å². The van der Waals surface area contributed by atoms with Gasteiger partial charge < -0.3 is 10.1 Å². The van der Waals surface area contributed by atoms with Gasteiger partial charge in [0.1, 0.15) is 0 Å². The third kappa shape index (κ3) is 22.4. The molecule has 3 heteroatoms. The summed E-state index contributed by atoms with van der Waals surface area (Å²) in [5.74, 6) is 0.936. The van der Waals surface area contributed by atoms with E-state index in [2.05, 4.69) is 19.2 Å². The van der Waals surface area contributed by atoms with E-state index in [1.165, 1.54) is 109 Å². The lowest BCUT2D eigenvalue weighted by atomic mass is 9.94. The van der Waals surface area contributed by atoms with Crippen LogP contribution in [0.4, 0.5) is 0 Å². The summed E-state index contributed by atoms with van der Waals surface area (Å²) in [5.41, 5.74) is 0. The Balaban J connectivity index is 3.92. The van der Waals surface area contributed by atoms with E-state index < -0.39 is 0 Å². The van der Waals surface area contributed by atoms with Crippen molar-refractivity contribution in [2.75, 3.05) is 19.8 Å². The van der Waals surface area contributed by atoms with Gasteiger partial charge in [0.15, 0.2) is 0 Å². The van der Waals surface area contributed by atoms with Crippen LogP contribution in [-0.2, 0) is 9.53 Å². The lowest BCUT2D eigenvalue weighted by Gasteiger charge is -2.17. The number of ether oxygens (including phenoxy) is 1. The van der Waals surface area contributed by atoms with Crippen LogP contribution in [0.1, 0.15) is 143 Å². The second kappa shape index (κ2) is 24.1. The van der Waals surface area contributed by atoms with Crippen LogP contribution in [-0.4, -0.2) is 25.7 Å². The highest BCUT2D eigenvalue weighted by atomic mass is 16.5. The molecule has 31 heavy (non-hydrogen) atoms. The van der Waals surface area contributed by atoms with E-state index in [0.29, 0.717) is 0 Å². The topological polar surface area (TPSA) is 38.3 Å². The summed E-state index contributed by atoms with van der Waals surface area (Å²) in [5, 5.41) is 2.98. The van der Waals surface area contributed by atoms with Gasteiger partial charge in [0.05, 0.1) is 0 Å². The van der Waals surface area contributed by atoms with Gasteiger partial charge in [-0.2, -0.15) is 0 Å². The normalized spacial score (nSPS) is 12.4. The van der Waals surface area contributed by atoms with Gasteiger partial charge in [-0.25, -0.2) is 0 Å². The van der Waals surface area contributed by atoms with Crippen LogP contribution >= 0.6 is 0 Å². The Morgan fingerprint density at radius 2 is 1.13 bits per heavy atom. The lowest BCUT2D eigenvalue weighted by Crippen LogP contribution is -2.29. The predicted octanol–water partition coefficient (Wildman–Crippen LogP) is 8.45. The van der Waals surface area contributed by atoms with Crippen molar-refractivity contribution in [3.8, 4) is 0 Å². The Morgan fingerprint density at radius 3 is 1.58 bits per heavy atom. The number of unbranched alkanes of at least 4 members (excludes halogenated alkanes) is 13. The first kappa shape index (κ1) is 30.4. The Labute approximate surface area is 195 Å². The smallest absolute Gasteiger partial charge is 0.222 e. The molecule has 0 heterocycles. The maximum absolute atomic E-state index is 11.6. The van der Waals surface area contributed by atoms with Crippen molar-refractivity contribution in [2.24, 2.45) is 11.8 Å². The van der Waals surface area contributed by atoms with E-state index in [-0.39, 0.29) is 11.8 Å². The Morgan fingerprint density at radius 1 is 0.677 bits per heavy atom. The third-order valence-electron chi connectivity index (χ3n) is 6.32. The van der Waals surface area contributed by atoms with E-state index in [0.717, 1.165) is 32.1 Å². The molecule has 0 aromatic heterocycles. The van der Waals surface area contributed by atoms with Crippen molar-refractivity contribution in [1.82, 2.24) is 5.32 Å². The molecule has 0 rings (SSSR count). The fourth-order valence-corrected chi connectivity index (χ4v) is 4.11. The summed E-state index contributed by atoms with van der Waals surface area (Å²) in [4.78, 5) is 11.6.